The predicted molar refractivity (Wildman–Crippen MR) is 108 cm³/mol. The number of hydrogen-bond acceptors (Lipinski definition) is 4. The van der Waals surface area contributed by atoms with Crippen LogP contribution in [0, 0.1) is 6.92 Å². The van der Waals surface area contributed by atoms with E-state index in [1.807, 2.05) is 24.3 Å². The fraction of sp³-hybridized carbons (Fsp3) is 0.364. The molecule has 2 heterocycles. The summed E-state index contributed by atoms with van der Waals surface area (Å²) in [4.78, 5) is 15.3. The standard InChI is InChI=1S/C22H25N3O2/c1-3-18-14-24(12-13-27-18)15-25-22(26)20-7-5-4-6-19(20)21(23-25)17-10-8-16(2)9-11-17/h4-11,18H,3,12-15H2,1-2H3/t18-/m0/s1. The van der Waals surface area contributed by atoms with Gasteiger partial charge in [-0.15, -0.1) is 0 Å². The van der Waals surface area contributed by atoms with Crippen LogP contribution in [0.2, 0.25) is 0 Å². The quantitative estimate of drug-likeness (QED) is 0.712. The van der Waals surface area contributed by atoms with Crippen molar-refractivity contribution < 1.29 is 4.74 Å². The molecule has 0 N–H and O–H groups in total. The summed E-state index contributed by atoms with van der Waals surface area (Å²) in [6, 6.07) is 16.0. The number of nitrogens with zero attached hydrogens (tertiary/aromatic N) is 3. The van der Waals surface area contributed by atoms with Crippen molar-refractivity contribution in [2.24, 2.45) is 0 Å². The van der Waals surface area contributed by atoms with Gasteiger partial charge < -0.3 is 4.74 Å². The molecule has 1 fully saturated rings. The molecule has 0 amide bonds. The molecule has 0 bridgehead atoms. The predicted octanol–water partition coefficient (Wildman–Crippen LogP) is 3.44. The van der Waals surface area contributed by atoms with E-state index in [0.717, 1.165) is 36.2 Å². The molecule has 5 nitrogen and oxygen atoms in total. The van der Waals surface area contributed by atoms with Crippen molar-refractivity contribution in [1.29, 1.82) is 0 Å². The monoisotopic (exact) mass is 363 g/mol. The molecular weight excluding hydrogens is 338 g/mol. The second-order valence-corrected chi connectivity index (χ2v) is 7.18. The van der Waals surface area contributed by atoms with Crippen molar-refractivity contribution in [3.63, 3.8) is 0 Å². The van der Waals surface area contributed by atoms with Crippen LogP contribution in [0.25, 0.3) is 22.0 Å². The van der Waals surface area contributed by atoms with E-state index in [9.17, 15) is 4.79 Å². The van der Waals surface area contributed by atoms with E-state index < -0.39 is 0 Å². The van der Waals surface area contributed by atoms with Gasteiger partial charge in [0.2, 0.25) is 0 Å². The van der Waals surface area contributed by atoms with Gasteiger partial charge in [-0.2, -0.15) is 5.10 Å². The number of morpholine rings is 1. The molecule has 4 rings (SSSR count). The second-order valence-electron chi connectivity index (χ2n) is 7.18. The minimum absolute atomic E-state index is 0.0407. The maximum atomic E-state index is 13.0. The Morgan fingerprint density at radius 2 is 1.85 bits per heavy atom. The van der Waals surface area contributed by atoms with Crippen LogP contribution < -0.4 is 5.56 Å². The third kappa shape index (κ3) is 3.66. The van der Waals surface area contributed by atoms with Crippen LogP contribution in [-0.2, 0) is 11.4 Å². The zero-order valence-corrected chi connectivity index (χ0v) is 15.9. The molecule has 0 radical (unpaired) electrons. The zero-order chi connectivity index (χ0) is 18.8. The molecule has 1 aliphatic heterocycles. The number of aromatic nitrogens is 2. The third-order valence-corrected chi connectivity index (χ3v) is 5.20. The first-order chi connectivity index (χ1) is 13.2. The number of fused-ring (bicyclic) bond motifs is 1. The van der Waals surface area contributed by atoms with Crippen LogP contribution in [0.3, 0.4) is 0 Å². The van der Waals surface area contributed by atoms with Crippen LogP contribution >= 0.6 is 0 Å². The molecule has 0 aliphatic carbocycles. The van der Waals surface area contributed by atoms with Gasteiger partial charge in [0.25, 0.3) is 5.56 Å². The summed E-state index contributed by atoms with van der Waals surface area (Å²) >= 11 is 0. The lowest BCUT2D eigenvalue weighted by molar-refractivity contribution is -0.0414. The highest BCUT2D eigenvalue weighted by molar-refractivity contribution is 5.93. The van der Waals surface area contributed by atoms with E-state index in [1.54, 1.807) is 4.68 Å². The number of benzene rings is 2. The first-order valence-corrected chi connectivity index (χ1v) is 9.56. The van der Waals surface area contributed by atoms with Gasteiger partial charge in [-0.25, -0.2) is 4.68 Å². The highest BCUT2D eigenvalue weighted by atomic mass is 16.5. The van der Waals surface area contributed by atoms with Crippen molar-refractivity contribution in [3.8, 4) is 11.3 Å². The van der Waals surface area contributed by atoms with Gasteiger partial charge >= 0.3 is 0 Å². The molecule has 1 saturated heterocycles. The molecular formula is C22H25N3O2. The lowest BCUT2D eigenvalue weighted by Gasteiger charge is -2.32. The van der Waals surface area contributed by atoms with E-state index in [4.69, 9.17) is 9.84 Å². The second kappa shape index (κ2) is 7.62. The number of hydrogen-bond donors (Lipinski definition) is 0. The van der Waals surface area contributed by atoms with E-state index >= 15 is 0 Å². The summed E-state index contributed by atoms with van der Waals surface area (Å²) in [5.41, 5.74) is 3.04. The molecule has 0 unspecified atom stereocenters. The van der Waals surface area contributed by atoms with Crippen LogP contribution in [0.1, 0.15) is 18.9 Å². The highest BCUT2D eigenvalue weighted by Crippen LogP contribution is 2.25. The SMILES string of the molecule is CC[C@H]1CN(Cn2nc(-c3ccc(C)cc3)c3ccccc3c2=O)CCO1. The molecule has 140 valence electrons. The minimum atomic E-state index is -0.0407. The fourth-order valence-corrected chi connectivity index (χ4v) is 3.60. The van der Waals surface area contributed by atoms with Crippen molar-refractivity contribution in [1.82, 2.24) is 14.7 Å². The van der Waals surface area contributed by atoms with Gasteiger partial charge in [0.1, 0.15) is 0 Å². The average Bonchev–Trinajstić information content (AvgIpc) is 2.71. The van der Waals surface area contributed by atoms with Crippen molar-refractivity contribution in [2.75, 3.05) is 19.7 Å². The zero-order valence-electron chi connectivity index (χ0n) is 15.9. The normalized spacial score (nSPS) is 18.1. The lowest BCUT2D eigenvalue weighted by Crippen LogP contribution is -2.44. The number of rotatable bonds is 4. The summed E-state index contributed by atoms with van der Waals surface area (Å²) in [6.07, 6.45) is 1.21. The van der Waals surface area contributed by atoms with Crippen molar-refractivity contribution >= 4 is 10.8 Å². The summed E-state index contributed by atoms with van der Waals surface area (Å²) in [5, 5.41) is 6.38. The summed E-state index contributed by atoms with van der Waals surface area (Å²) < 4.78 is 7.36. The molecule has 1 atom stereocenters. The van der Waals surface area contributed by atoms with Crippen molar-refractivity contribution in [2.45, 2.75) is 33.0 Å². The Bertz CT molecular complexity index is 995. The highest BCUT2D eigenvalue weighted by Gasteiger charge is 2.20. The van der Waals surface area contributed by atoms with Gasteiger partial charge in [-0.3, -0.25) is 9.69 Å². The minimum Gasteiger partial charge on any atom is -0.376 e. The fourth-order valence-electron chi connectivity index (χ4n) is 3.60. The van der Waals surface area contributed by atoms with Crippen LogP contribution in [0.5, 0.6) is 0 Å². The summed E-state index contributed by atoms with van der Waals surface area (Å²) in [5.74, 6) is 0. The molecule has 5 heteroatoms. The molecule has 0 saturated carbocycles. The van der Waals surface area contributed by atoms with E-state index in [1.165, 1.54) is 5.56 Å². The molecule has 0 spiro atoms. The number of ether oxygens (including phenoxy) is 1. The Morgan fingerprint density at radius 1 is 1.11 bits per heavy atom. The van der Waals surface area contributed by atoms with E-state index in [-0.39, 0.29) is 11.7 Å². The lowest BCUT2D eigenvalue weighted by atomic mass is 10.0. The Labute approximate surface area is 159 Å². The summed E-state index contributed by atoms with van der Waals surface area (Å²) in [6.45, 7) is 7.03. The Morgan fingerprint density at radius 3 is 2.59 bits per heavy atom. The Kier molecular flexibility index (Phi) is 5.05. The van der Waals surface area contributed by atoms with Gasteiger partial charge in [0.15, 0.2) is 0 Å². The molecule has 1 aliphatic rings. The van der Waals surface area contributed by atoms with Gasteiger partial charge in [-0.05, 0) is 19.4 Å². The molecule has 3 aromatic rings. The largest absolute Gasteiger partial charge is 0.376 e. The maximum absolute atomic E-state index is 13.0. The smallest absolute Gasteiger partial charge is 0.275 e. The topological polar surface area (TPSA) is 47.4 Å². The van der Waals surface area contributed by atoms with Crippen LogP contribution in [0.15, 0.2) is 53.3 Å². The summed E-state index contributed by atoms with van der Waals surface area (Å²) in [7, 11) is 0. The number of aryl methyl sites for hydroxylation is 1. The Balaban J connectivity index is 1.78. The average molecular weight is 363 g/mol. The third-order valence-electron chi connectivity index (χ3n) is 5.20. The van der Waals surface area contributed by atoms with Crippen LogP contribution in [0.4, 0.5) is 0 Å². The molecule has 2 aromatic carbocycles. The van der Waals surface area contributed by atoms with Gasteiger partial charge in [0.05, 0.1) is 30.5 Å². The van der Waals surface area contributed by atoms with Crippen molar-refractivity contribution in [3.05, 3.63) is 64.4 Å². The van der Waals surface area contributed by atoms with E-state index in [2.05, 4.69) is 43.0 Å². The van der Waals surface area contributed by atoms with E-state index in [0.29, 0.717) is 18.7 Å². The van der Waals surface area contributed by atoms with Gasteiger partial charge in [0, 0.05) is 24.0 Å². The maximum Gasteiger partial charge on any atom is 0.275 e. The molecule has 27 heavy (non-hydrogen) atoms. The first-order valence-electron chi connectivity index (χ1n) is 9.56. The van der Waals surface area contributed by atoms with Crippen LogP contribution in [-0.4, -0.2) is 40.5 Å². The molecule has 1 aromatic heterocycles. The van der Waals surface area contributed by atoms with Gasteiger partial charge in [-0.1, -0.05) is 55.0 Å². The first kappa shape index (κ1) is 17.9. The Hall–Kier alpha value is -2.50.